The lowest BCUT2D eigenvalue weighted by Gasteiger charge is -2.05. The maximum atomic E-state index is 10.6. The minimum atomic E-state index is -2.88. The maximum absolute atomic E-state index is 10.6. The molecule has 1 unspecified atom stereocenters. The highest BCUT2D eigenvalue weighted by atomic mass is 32.2. The predicted octanol–water partition coefficient (Wildman–Crippen LogP) is 0.741. The van der Waals surface area contributed by atoms with Gasteiger partial charge in [-0.15, -0.1) is 0 Å². The van der Waals surface area contributed by atoms with Crippen LogP contribution < -0.4 is 0 Å². The minimum Gasteiger partial charge on any atom is -0.768 e. The topological polar surface area (TPSA) is 126 Å². The van der Waals surface area contributed by atoms with Gasteiger partial charge >= 0.3 is 11.4 Å². The third-order valence-electron chi connectivity index (χ3n) is 1.54. The Morgan fingerprint density at radius 2 is 1.73 bits per heavy atom. The lowest BCUT2D eigenvalue weighted by molar-refractivity contribution is -0.424. The molecule has 0 spiro atoms. The molecule has 15 heavy (non-hydrogen) atoms. The Bertz CT molecular complexity index is 427. The standard InChI is InChI=1S/C6H4N2O6S/c9-7(10)4-2-1-3-5(15(13)14)6(4)8(11)12/h1-3H,(H,13,14)/p-1. The van der Waals surface area contributed by atoms with Crippen LogP contribution in [0.15, 0.2) is 23.1 Å². The number of hydrogen-bond acceptors (Lipinski definition) is 6. The molecule has 0 saturated carbocycles. The van der Waals surface area contributed by atoms with Crippen molar-refractivity contribution in [1.82, 2.24) is 0 Å². The number of nitro groups is 2. The first kappa shape index (κ1) is 11.2. The van der Waals surface area contributed by atoms with Crippen LogP contribution in [0.25, 0.3) is 0 Å². The Morgan fingerprint density at radius 3 is 2.13 bits per heavy atom. The summed E-state index contributed by atoms with van der Waals surface area (Å²) in [4.78, 5) is 18.1. The van der Waals surface area contributed by atoms with Crippen LogP contribution in [0.3, 0.4) is 0 Å². The number of para-hydroxylation sites is 1. The second-order valence-electron chi connectivity index (χ2n) is 2.37. The fourth-order valence-corrected chi connectivity index (χ4v) is 1.50. The molecule has 0 aliphatic rings. The Kier molecular flexibility index (Phi) is 3.07. The molecular weight excluding hydrogens is 228 g/mol. The zero-order valence-corrected chi connectivity index (χ0v) is 7.80. The van der Waals surface area contributed by atoms with Gasteiger partial charge in [0.15, 0.2) is 0 Å². The SMILES string of the molecule is O=[N+]([O-])c1cccc(S(=O)[O-])c1[N+](=O)[O-]. The summed E-state index contributed by atoms with van der Waals surface area (Å²) in [5, 5.41) is 20.9. The van der Waals surface area contributed by atoms with Crippen molar-refractivity contribution in [2.75, 3.05) is 0 Å². The van der Waals surface area contributed by atoms with E-state index in [0.29, 0.717) is 0 Å². The van der Waals surface area contributed by atoms with Crippen molar-refractivity contribution >= 4 is 22.5 Å². The molecule has 0 saturated heterocycles. The first-order valence-electron chi connectivity index (χ1n) is 3.46. The molecule has 1 aromatic carbocycles. The zero-order chi connectivity index (χ0) is 11.6. The van der Waals surface area contributed by atoms with E-state index >= 15 is 0 Å². The second kappa shape index (κ2) is 4.11. The van der Waals surface area contributed by atoms with E-state index < -0.39 is 37.2 Å². The quantitative estimate of drug-likeness (QED) is 0.428. The van der Waals surface area contributed by atoms with E-state index in [0.717, 1.165) is 18.2 Å². The molecule has 8 nitrogen and oxygen atoms in total. The van der Waals surface area contributed by atoms with Crippen LogP contribution in [0.4, 0.5) is 11.4 Å². The van der Waals surface area contributed by atoms with E-state index in [1.807, 2.05) is 0 Å². The Labute approximate surface area is 85.1 Å². The number of nitro benzene ring substituents is 2. The summed E-state index contributed by atoms with van der Waals surface area (Å²) in [5.74, 6) is 0. The largest absolute Gasteiger partial charge is 0.768 e. The molecule has 0 N–H and O–H groups in total. The van der Waals surface area contributed by atoms with Crippen molar-refractivity contribution in [3.8, 4) is 0 Å². The van der Waals surface area contributed by atoms with Gasteiger partial charge in [0.1, 0.15) is 4.90 Å². The third kappa shape index (κ3) is 2.14. The lowest BCUT2D eigenvalue weighted by atomic mass is 10.3. The average Bonchev–Trinajstić information content (AvgIpc) is 2.16. The van der Waals surface area contributed by atoms with E-state index in [1.54, 1.807) is 0 Å². The van der Waals surface area contributed by atoms with E-state index in [4.69, 9.17) is 0 Å². The van der Waals surface area contributed by atoms with Gasteiger partial charge in [0.2, 0.25) is 0 Å². The number of nitrogens with zero attached hydrogens (tertiary/aromatic N) is 2. The summed E-state index contributed by atoms with van der Waals surface area (Å²) < 4.78 is 21.1. The monoisotopic (exact) mass is 231 g/mol. The van der Waals surface area contributed by atoms with Crippen LogP contribution in [-0.4, -0.2) is 18.6 Å². The molecule has 0 aliphatic heterocycles. The first-order chi connectivity index (χ1) is 6.95. The molecule has 0 aromatic heterocycles. The normalized spacial score (nSPS) is 12.1. The fourth-order valence-electron chi connectivity index (χ4n) is 0.976. The molecule has 9 heteroatoms. The van der Waals surface area contributed by atoms with Gasteiger partial charge < -0.3 is 4.55 Å². The average molecular weight is 231 g/mol. The summed E-state index contributed by atoms with van der Waals surface area (Å²) in [5.41, 5.74) is -1.86. The number of benzene rings is 1. The van der Waals surface area contributed by atoms with Crippen molar-refractivity contribution in [1.29, 1.82) is 0 Å². The van der Waals surface area contributed by atoms with Crippen molar-refractivity contribution in [2.45, 2.75) is 4.90 Å². The van der Waals surface area contributed by atoms with Crippen LogP contribution >= 0.6 is 0 Å². The molecular formula is C6H3N2O6S-. The molecule has 1 atom stereocenters. The molecule has 0 aliphatic carbocycles. The molecule has 0 radical (unpaired) electrons. The van der Waals surface area contributed by atoms with Gasteiger partial charge in [-0.1, -0.05) is 6.07 Å². The fraction of sp³-hybridized carbons (Fsp3) is 0. The lowest BCUT2D eigenvalue weighted by Crippen LogP contribution is -2.02. The number of rotatable bonds is 3. The molecule has 0 fully saturated rings. The first-order valence-corrected chi connectivity index (χ1v) is 4.53. The summed E-state index contributed by atoms with van der Waals surface area (Å²) in [6.07, 6.45) is 0. The summed E-state index contributed by atoms with van der Waals surface area (Å²) in [6.45, 7) is 0. The van der Waals surface area contributed by atoms with Crippen LogP contribution in [0.1, 0.15) is 0 Å². The van der Waals surface area contributed by atoms with E-state index in [9.17, 15) is 29.0 Å². The van der Waals surface area contributed by atoms with Crippen molar-refractivity contribution < 1.29 is 18.6 Å². The van der Waals surface area contributed by atoms with E-state index in [-0.39, 0.29) is 0 Å². The molecule has 0 heterocycles. The van der Waals surface area contributed by atoms with Crippen LogP contribution in [0.2, 0.25) is 0 Å². The summed E-state index contributed by atoms with van der Waals surface area (Å²) >= 11 is -2.88. The highest BCUT2D eigenvalue weighted by Crippen LogP contribution is 2.31. The van der Waals surface area contributed by atoms with Crippen LogP contribution in [-0.2, 0) is 11.1 Å². The molecule has 0 amide bonds. The van der Waals surface area contributed by atoms with Gasteiger partial charge in [-0.2, -0.15) is 0 Å². The maximum Gasteiger partial charge on any atom is 0.360 e. The second-order valence-corrected chi connectivity index (χ2v) is 3.28. The zero-order valence-electron chi connectivity index (χ0n) is 6.98. The van der Waals surface area contributed by atoms with Gasteiger partial charge in [-0.25, -0.2) is 0 Å². The van der Waals surface area contributed by atoms with Gasteiger partial charge in [0.05, 0.1) is 9.85 Å². The van der Waals surface area contributed by atoms with Gasteiger partial charge in [-0.05, 0) is 17.1 Å². The molecule has 0 bridgehead atoms. The van der Waals surface area contributed by atoms with Crippen LogP contribution in [0.5, 0.6) is 0 Å². The highest BCUT2D eigenvalue weighted by molar-refractivity contribution is 7.79. The Morgan fingerprint density at radius 1 is 1.13 bits per heavy atom. The summed E-state index contributed by atoms with van der Waals surface area (Å²) in [6, 6.07) is 2.86. The Balaban J connectivity index is 3.56. The third-order valence-corrected chi connectivity index (χ3v) is 2.23. The minimum absolute atomic E-state index is 0.700. The number of hydrogen-bond donors (Lipinski definition) is 0. The van der Waals surface area contributed by atoms with E-state index in [1.165, 1.54) is 0 Å². The predicted molar refractivity (Wildman–Crippen MR) is 46.9 cm³/mol. The molecule has 80 valence electrons. The van der Waals surface area contributed by atoms with E-state index in [2.05, 4.69) is 0 Å². The van der Waals surface area contributed by atoms with Gasteiger partial charge in [-0.3, -0.25) is 24.4 Å². The molecule has 1 aromatic rings. The van der Waals surface area contributed by atoms with Crippen LogP contribution in [0, 0.1) is 20.2 Å². The molecule has 1 rings (SSSR count). The smallest absolute Gasteiger partial charge is 0.360 e. The van der Waals surface area contributed by atoms with Crippen molar-refractivity contribution in [3.63, 3.8) is 0 Å². The van der Waals surface area contributed by atoms with Gasteiger partial charge in [0.25, 0.3) is 0 Å². The van der Waals surface area contributed by atoms with Crippen molar-refractivity contribution in [2.24, 2.45) is 0 Å². The summed E-state index contributed by atoms with van der Waals surface area (Å²) in [7, 11) is 0. The highest BCUT2D eigenvalue weighted by Gasteiger charge is 2.28. The Hall–Kier alpha value is -1.87. The van der Waals surface area contributed by atoms with Gasteiger partial charge in [0, 0.05) is 6.07 Å². The van der Waals surface area contributed by atoms with Crippen molar-refractivity contribution in [3.05, 3.63) is 38.4 Å².